The summed E-state index contributed by atoms with van der Waals surface area (Å²) in [5.41, 5.74) is 8.19. The van der Waals surface area contributed by atoms with Crippen molar-refractivity contribution in [1.82, 2.24) is 24.9 Å². The van der Waals surface area contributed by atoms with Crippen molar-refractivity contribution >= 4 is 22.9 Å². The highest BCUT2D eigenvalue weighted by Gasteiger charge is 2.34. The lowest BCUT2D eigenvalue weighted by molar-refractivity contribution is 0.144. The van der Waals surface area contributed by atoms with Gasteiger partial charge in [0.25, 0.3) is 0 Å². The maximum Gasteiger partial charge on any atom is 0.240 e. The molecular weight excluding hydrogens is 484 g/mol. The first kappa shape index (κ1) is 30.9. The zero-order valence-corrected chi connectivity index (χ0v) is 24.1. The fourth-order valence-corrected chi connectivity index (χ4v) is 4.20. The molecule has 4 rings (SSSR count). The maximum atomic E-state index is 10.8. The monoisotopic (exact) mass is 527 g/mol. The van der Waals surface area contributed by atoms with Crippen LogP contribution in [-0.2, 0) is 0 Å². The first-order chi connectivity index (χ1) is 17.9. The van der Waals surface area contributed by atoms with Crippen LogP contribution in [0.2, 0.25) is 0 Å². The number of anilines is 1. The molecule has 3 heterocycles. The number of aromatic nitrogens is 4. The van der Waals surface area contributed by atoms with Crippen LogP contribution in [-0.4, -0.2) is 44.3 Å². The summed E-state index contributed by atoms with van der Waals surface area (Å²) in [5, 5.41) is 10.8. The Morgan fingerprint density at radius 2 is 1.76 bits per heavy atom. The van der Waals surface area contributed by atoms with Crippen molar-refractivity contribution in [2.45, 2.75) is 92.5 Å². The molecule has 0 saturated heterocycles. The highest BCUT2D eigenvalue weighted by Crippen LogP contribution is 2.35. The molecule has 38 heavy (non-hydrogen) atoms. The van der Waals surface area contributed by atoms with Crippen LogP contribution in [0, 0.1) is 13.8 Å². The number of nitrogens with zero attached hydrogens (tertiary/aromatic N) is 5. The summed E-state index contributed by atoms with van der Waals surface area (Å²) in [6.07, 6.45) is 5.06. The molecule has 7 nitrogen and oxygen atoms in total. The van der Waals surface area contributed by atoms with Crippen molar-refractivity contribution in [2.24, 2.45) is 4.99 Å². The van der Waals surface area contributed by atoms with Gasteiger partial charge in [0.15, 0.2) is 0 Å². The number of hydrogen-bond donors (Lipinski definition) is 2. The summed E-state index contributed by atoms with van der Waals surface area (Å²) in [6.45, 7) is 17.5. The third-order valence-corrected chi connectivity index (χ3v) is 6.36. The molecule has 2 N–H and O–H groups in total. The van der Waals surface area contributed by atoms with Crippen molar-refractivity contribution in [3.63, 3.8) is 0 Å². The molecule has 0 unspecified atom stereocenters. The normalized spacial score (nSPS) is 13.4. The predicted molar refractivity (Wildman–Crippen MR) is 155 cm³/mol. The van der Waals surface area contributed by atoms with E-state index in [0.29, 0.717) is 11.5 Å². The Labute approximate surface area is 225 Å². The first-order valence-corrected chi connectivity index (χ1v) is 13.2. The molecule has 0 atom stereocenters. The third-order valence-electron chi connectivity index (χ3n) is 6.36. The van der Waals surface area contributed by atoms with Gasteiger partial charge in [-0.05, 0) is 78.5 Å². The second-order valence-electron chi connectivity index (χ2n) is 9.85. The Hall–Kier alpha value is -3.36. The predicted octanol–water partition coefficient (Wildman–Crippen LogP) is 7.67. The molecule has 1 aliphatic carbocycles. The number of hydrogen-bond acceptors (Lipinski definition) is 6. The molecule has 0 aliphatic heterocycles. The topological polar surface area (TPSA) is 79.5 Å². The molecule has 1 saturated carbocycles. The Morgan fingerprint density at radius 1 is 1.11 bits per heavy atom. The fourth-order valence-electron chi connectivity index (χ4n) is 4.20. The molecule has 1 fully saturated rings. The van der Waals surface area contributed by atoms with E-state index in [2.05, 4.69) is 39.2 Å². The van der Waals surface area contributed by atoms with Crippen LogP contribution < -0.4 is 10.6 Å². The Kier molecular flexibility index (Phi) is 11.4. The van der Waals surface area contributed by atoms with Gasteiger partial charge >= 0.3 is 0 Å². The second-order valence-corrected chi connectivity index (χ2v) is 9.85. The lowest BCUT2D eigenvalue weighted by atomic mass is 9.75. The number of aryl methyl sites for hydroxylation is 2. The van der Waals surface area contributed by atoms with Gasteiger partial charge < -0.3 is 10.6 Å². The molecular formula is C29H43F2N7. The molecule has 0 radical (unpaired) electrons. The van der Waals surface area contributed by atoms with E-state index in [0.717, 1.165) is 45.3 Å². The summed E-state index contributed by atoms with van der Waals surface area (Å²) < 4.78 is 23.4. The number of halogens is 2. The van der Waals surface area contributed by atoms with E-state index in [-0.39, 0.29) is 6.42 Å². The summed E-state index contributed by atoms with van der Waals surface area (Å²) in [6, 6.07) is 6.02. The van der Waals surface area contributed by atoms with Gasteiger partial charge in [-0.25, -0.2) is 18.3 Å². The summed E-state index contributed by atoms with van der Waals surface area (Å²) in [7, 11) is 1.81. The number of allylic oxidation sites excluding steroid dienone is 1. The molecule has 0 aromatic carbocycles. The largest absolute Gasteiger partial charge is 0.384 e. The van der Waals surface area contributed by atoms with Crippen LogP contribution in [0.1, 0.15) is 78.1 Å². The molecule has 0 amide bonds. The minimum atomic E-state index is -2.12. The maximum absolute atomic E-state index is 10.8. The standard InChI is InChI=1S/C17H20N6.C9H17N.C3H6F2/c1-10(2)19-14-6-7-15(20-11(14)3)13-8-9-23-16(13)12(4)21-17(18-5)22-23;1-4-9(6-5-7-9)10-8(2)3;1-2-3(4)5/h6-9H,1-5H3,(H,18,22);10H,2,4-7H2,1,3H3;3H,2H2,1H3. The summed E-state index contributed by atoms with van der Waals surface area (Å²) in [5.74, 6) is 0.601. The lowest BCUT2D eigenvalue weighted by Gasteiger charge is -2.43. The van der Waals surface area contributed by atoms with E-state index in [1.807, 2.05) is 70.6 Å². The number of rotatable bonds is 7. The molecule has 0 bridgehead atoms. The van der Waals surface area contributed by atoms with Gasteiger partial charge in [-0.3, -0.25) is 9.98 Å². The van der Waals surface area contributed by atoms with Crippen molar-refractivity contribution in [1.29, 1.82) is 0 Å². The van der Waals surface area contributed by atoms with Crippen LogP contribution in [0.4, 0.5) is 20.4 Å². The van der Waals surface area contributed by atoms with Gasteiger partial charge in [0.2, 0.25) is 12.4 Å². The quantitative estimate of drug-likeness (QED) is 0.308. The van der Waals surface area contributed by atoms with Crippen LogP contribution >= 0.6 is 0 Å². The number of fused-ring (bicyclic) bond motifs is 1. The van der Waals surface area contributed by atoms with E-state index in [1.165, 1.54) is 32.6 Å². The Bertz CT molecular complexity index is 1230. The van der Waals surface area contributed by atoms with Gasteiger partial charge in [0.05, 0.1) is 28.3 Å². The minimum absolute atomic E-state index is 0.0278. The van der Waals surface area contributed by atoms with E-state index in [1.54, 1.807) is 0 Å². The van der Waals surface area contributed by atoms with Crippen LogP contribution in [0.25, 0.3) is 16.8 Å². The summed E-state index contributed by atoms with van der Waals surface area (Å²) >= 11 is 0. The number of pyridine rings is 1. The van der Waals surface area contributed by atoms with Gasteiger partial charge in [0.1, 0.15) is 0 Å². The smallest absolute Gasteiger partial charge is 0.240 e. The van der Waals surface area contributed by atoms with Gasteiger partial charge in [-0.1, -0.05) is 20.4 Å². The van der Waals surface area contributed by atoms with E-state index in [4.69, 9.17) is 4.98 Å². The Balaban J connectivity index is 0.000000279. The van der Waals surface area contributed by atoms with Crippen LogP contribution in [0.3, 0.4) is 0 Å². The fraction of sp³-hybridized carbons (Fsp3) is 0.517. The van der Waals surface area contributed by atoms with E-state index >= 15 is 0 Å². The number of aliphatic imine (C=N–C) groups is 1. The van der Waals surface area contributed by atoms with Crippen molar-refractivity contribution in [3.8, 4) is 11.3 Å². The third kappa shape index (κ3) is 8.33. The number of nitrogens with one attached hydrogen (secondary N) is 2. The van der Waals surface area contributed by atoms with Gasteiger partial charge in [-0.15, -0.1) is 5.10 Å². The molecule has 0 spiro atoms. The van der Waals surface area contributed by atoms with Gasteiger partial charge in [-0.2, -0.15) is 0 Å². The Morgan fingerprint density at radius 3 is 2.18 bits per heavy atom. The minimum Gasteiger partial charge on any atom is -0.384 e. The lowest BCUT2D eigenvalue weighted by Crippen LogP contribution is -2.49. The molecule has 9 heteroatoms. The van der Waals surface area contributed by atoms with E-state index in [9.17, 15) is 8.78 Å². The van der Waals surface area contributed by atoms with Gasteiger partial charge in [0, 0.05) is 42.2 Å². The highest BCUT2D eigenvalue weighted by atomic mass is 19.3. The number of alkyl halides is 2. The van der Waals surface area contributed by atoms with Crippen molar-refractivity contribution in [2.75, 3.05) is 12.4 Å². The van der Waals surface area contributed by atoms with Crippen LogP contribution in [0.15, 0.2) is 41.7 Å². The van der Waals surface area contributed by atoms with E-state index < -0.39 is 6.43 Å². The first-order valence-electron chi connectivity index (χ1n) is 13.2. The summed E-state index contributed by atoms with van der Waals surface area (Å²) in [4.78, 5) is 13.7. The molecule has 3 aromatic heterocycles. The molecule has 3 aromatic rings. The SMILES string of the molecule is C=C(C)NC1(CC)CCC1.CCC(F)F.CNc1nc(C)c2c(-c3ccc(N=C(C)C)c(C)n3)ccn2n1. The average molecular weight is 528 g/mol. The molecule has 208 valence electrons. The van der Waals surface area contributed by atoms with Crippen molar-refractivity contribution < 1.29 is 8.78 Å². The molecule has 1 aliphatic rings. The zero-order valence-electron chi connectivity index (χ0n) is 24.1. The average Bonchev–Trinajstić information content (AvgIpc) is 3.27. The van der Waals surface area contributed by atoms with Crippen LogP contribution in [0.5, 0.6) is 0 Å². The zero-order chi connectivity index (χ0) is 28.5. The second kappa shape index (κ2) is 14.0. The highest BCUT2D eigenvalue weighted by molar-refractivity contribution is 5.84. The van der Waals surface area contributed by atoms with Crippen molar-refractivity contribution in [3.05, 3.63) is 48.1 Å².